The van der Waals surface area contributed by atoms with Crippen molar-refractivity contribution in [1.29, 1.82) is 0 Å². The summed E-state index contributed by atoms with van der Waals surface area (Å²) >= 11 is 0. The Bertz CT molecular complexity index is 1170. The van der Waals surface area contributed by atoms with Crippen LogP contribution in [0.15, 0.2) is 97.5 Å². The molecule has 1 heterocycles. The SMILES string of the molecule is O=C(C[n+]1ccc(-c2ccc(-c3ccccc3)cc2)nc1)c1ccc([N+](=O)[O-])cc1. The topological polar surface area (TPSA) is 77.0 Å². The maximum absolute atomic E-state index is 12.4. The van der Waals surface area contributed by atoms with Crippen molar-refractivity contribution in [2.75, 3.05) is 0 Å². The quantitative estimate of drug-likeness (QED) is 0.208. The van der Waals surface area contributed by atoms with Crippen LogP contribution < -0.4 is 4.57 Å². The average molecular weight is 396 g/mol. The first-order chi connectivity index (χ1) is 14.6. The number of nitro groups is 1. The van der Waals surface area contributed by atoms with Crippen LogP contribution in [0.2, 0.25) is 0 Å². The molecule has 6 nitrogen and oxygen atoms in total. The Balaban J connectivity index is 1.45. The first-order valence-corrected chi connectivity index (χ1v) is 9.39. The van der Waals surface area contributed by atoms with Crippen molar-refractivity contribution in [3.05, 3.63) is 113 Å². The molecule has 0 unspecified atom stereocenters. The van der Waals surface area contributed by atoms with Crippen molar-refractivity contribution in [3.8, 4) is 22.4 Å². The molecule has 0 amide bonds. The van der Waals surface area contributed by atoms with E-state index in [0.717, 1.165) is 22.4 Å². The average Bonchev–Trinajstić information content (AvgIpc) is 2.80. The minimum absolute atomic E-state index is 0.0384. The zero-order chi connectivity index (χ0) is 20.9. The highest BCUT2D eigenvalue weighted by molar-refractivity contribution is 5.95. The van der Waals surface area contributed by atoms with Gasteiger partial charge in [-0.2, -0.15) is 0 Å². The van der Waals surface area contributed by atoms with E-state index in [2.05, 4.69) is 29.2 Å². The van der Waals surface area contributed by atoms with Crippen molar-refractivity contribution < 1.29 is 14.3 Å². The van der Waals surface area contributed by atoms with E-state index >= 15 is 0 Å². The van der Waals surface area contributed by atoms with Crippen molar-refractivity contribution in [2.24, 2.45) is 0 Å². The lowest BCUT2D eigenvalue weighted by molar-refractivity contribution is -0.686. The van der Waals surface area contributed by atoms with Crippen LogP contribution in [0.1, 0.15) is 10.4 Å². The second-order valence-electron chi connectivity index (χ2n) is 6.79. The summed E-state index contributed by atoms with van der Waals surface area (Å²) in [4.78, 5) is 27.1. The molecule has 0 fully saturated rings. The Hall–Kier alpha value is -4.19. The molecule has 4 rings (SSSR count). The number of nitrogens with zero attached hydrogens (tertiary/aromatic N) is 3. The summed E-state index contributed by atoms with van der Waals surface area (Å²) in [6.45, 7) is 0.109. The molecule has 6 heteroatoms. The summed E-state index contributed by atoms with van der Waals surface area (Å²) in [5.41, 5.74) is 4.49. The summed E-state index contributed by atoms with van der Waals surface area (Å²) in [7, 11) is 0. The highest BCUT2D eigenvalue weighted by Gasteiger charge is 2.13. The van der Waals surface area contributed by atoms with Gasteiger partial charge in [-0.25, -0.2) is 4.57 Å². The monoisotopic (exact) mass is 396 g/mol. The van der Waals surface area contributed by atoms with Crippen LogP contribution in [-0.2, 0) is 6.54 Å². The number of non-ortho nitro benzene ring substituents is 1. The summed E-state index contributed by atoms with van der Waals surface area (Å²) in [5, 5.41) is 10.7. The third-order valence-electron chi connectivity index (χ3n) is 4.78. The Kier molecular flexibility index (Phi) is 5.39. The Morgan fingerprint density at radius 3 is 2.07 bits per heavy atom. The number of nitro benzene ring substituents is 1. The molecule has 4 aromatic rings. The van der Waals surface area contributed by atoms with E-state index < -0.39 is 4.92 Å². The highest BCUT2D eigenvalue weighted by Crippen LogP contribution is 2.23. The predicted octanol–water partition coefficient (Wildman–Crippen LogP) is 4.49. The molecule has 146 valence electrons. The number of hydrogen-bond acceptors (Lipinski definition) is 4. The largest absolute Gasteiger partial charge is 0.290 e. The zero-order valence-electron chi connectivity index (χ0n) is 16.0. The number of carbonyl (C=O) groups is 1. The van der Waals surface area contributed by atoms with Gasteiger partial charge in [0.05, 0.1) is 11.1 Å². The maximum atomic E-state index is 12.4. The second-order valence-corrected chi connectivity index (χ2v) is 6.79. The van der Waals surface area contributed by atoms with Crippen molar-refractivity contribution in [1.82, 2.24) is 4.98 Å². The van der Waals surface area contributed by atoms with Crippen LogP contribution >= 0.6 is 0 Å². The van der Waals surface area contributed by atoms with Crippen LogP contribution in [0.3, 0.4) is 0 Å². The first kappa shape index (κ1) is 19.1. The number of benzene rings is 3. The van der Waals surface area contributed by atoms with Gasteiger partial charge in [-0.15, -0.1) is 0 Å². The van der Waals surface area contributed by atoms with E-state index in [4.69, 9.17) is 0 Å². The Labute approximate surface area is 173 Å². The maximum Gasteiger partial charge on any atom is 0.287 e. The molecule has 0 saturated carbocycles. The number of aromatic nitrogens is 2. The van der Waals surface area contributed by atoms with Crippen molar-refractivity contribution in [3.63, 3.8) is 0 Å². The number of Topliss-reactive ketones (excluding diaryl/α,β-unsaturated/α-hetero) is 1. The standard InChI is InChI=1S/C24H18N3O3/c28-24(21-10-12-22(13-11-21)27(29)30)16-26-15-14-23(25-17-26)20-8-6-19(7-9-20)18-4-2-1-3-5-18/h1-15,17H,16H2/q+1. The van der Waals surface area contributed by atoms with Crippen molar-refractivity contribution >= 4 is 11.5 Å². The molecule has 0 bridgehead atoms. The van der Waals surface area contributed by atoms with Crippen LogP contribution in [-0.4, -0.2) is 15.7 Å². The molecule has 0 aliphatic rings. The molecule has 0 saturated heterocycles. The zero-order valence-corrected chi connectivity index (χ0v) is 16.0. The van der Waals surface area contributed by atoms with Gasteiger partial charge >= 0.3 is 0 Å². The summed E-state index contributed by atoms with van der Waals surface area (Å²) < 4.78 is 1.69. The first-order valence-electron chi connectivity index (χ1n) is 9.39. The molecule has 0 aliphatic heterocycles. The van der Waals surface area contributed by atoms with E-state index in [-0.39, 0.29) is 18.0 Å². The molecule has 0 spiro atoms. The third kappa shape index (κ3) is 4.28. The van der Waals surface area contributed by atoms with Crippen LogP contribution in [0.25, 0.3) is 22.4 Å². The normalized spacial score (nSPS) is 10.5. The van der Waals surface area contributed by atoms with Gasteiger partial charge in [-0.3, -0.25) is 14.9 Å². The molecule has 3 aromatic carbocycles. The lowest BCUT2D eigenvalue weighted by Gasteiger charge is -2.03. The van der Waals surface area contributed by atoms with Gasteiger partial charge < -0.3 is 0 Å². The summed E-state index contributed by atoms with van der Waals surface area (Å²) in [5.74, 6) is -0.142. The van der Waals surface area contributed by atoms with Crippen LogP contribution in [0.5, 0.6) is 0 Å². The van der Waals surface area contributed by atoms with Gasteiger partial charge in [0.15, 0.2) is 12.2 Å². The lowest BCUT2D eigenvalue weighted by atomic mass is 10.0. The van der Waals surface area contributed by atoms with E-state index in [0.29, 0.717) is 5.56 Å². The van der Waals surface area contributed by atoms with Gasteiger partial charge in [0, 0.05) is 29.3 Å². The summed E-state index contributed by atoms with van der Waals surface area (Å²) in [6.07, 6.45) is 3.42. The second kappa shape index (κ2) is 8.45. The lowest BCUT2D eigenvalue weighted by Crippen LogP contribution is -2.37. The predicted molar refractivity (Wildman–Crippen MR) is 113 cm³/mol. The Morgan fingerprint density at radius 2 is 1.47 bits per heavy atom. The number of hydrogen-bond donors (Lipinski definition) is 0. The number of rotatable bonds is 6. The fraction of sp³-hybridized carbons (Fsp3) is 0.0417. The highest BCUT2D eigenvalue weighted by atomic mass is 16.6. The van der Waals surface area contributed by atoms with Crippen LogP contribution in [0, 0.1) is 10.1 Å². The minimum atomic E-state index is -0.488. The summed E-state index contributed by atoms with van der Waals surface area (Å²) in [6, 6.07) is 25.8. The van der Waals surface area contributed by atoms with Gasteiger partial charge in [0.1, 0.15) is 0 Å². The number of carbonyl (C=O) groups excluding carboxylic acids is 1. The third-order valence-corrected chi connectivity index (χ3v) is 4.78. The molecule has 0 N–H and O–H groups in total. The fourth-order valence-electron chi connectivity index (χ4n) is 3.14. The van der Waals surface area contributed by atoms with Crippen LogP contribution in [0.4, 0.5) is 5.69 Å². The van der Waals surface area contributed by atoms with Crippen molar-refractivity contribution in [2.45, 2.75) is 6.54 Å². The van der Waals surface area contributed by atoms with E-state index in [1.165, 1.54) is 24.3 Å². The Morgan fingerprint density at radius 1 is 0.833 bits per heavy atom. The van der Waals surface area contributed by atoms with Gasteiger partial charge in [-0.05, 0) is 40.4 Å². The molecule has 30 heavy (non-hydrogen) atoms. The van der Waals surface area contributed by atoms with E-state index in [1.807, 2.05) is 36.4 Å². The van der Waals surface area contributed by atoms with E-state index in [9.17, 15) is 14.9 Å². The van der Waals surface area contributed by atoms with E-state index in [1.54, 1.807) is 17.1 Å². The minimum Gasteiger partial charge on any atom is -0.290 e. The molecule has 0 atom stereocenters. The molecular weight excluding hydrogens is 378 g/mol. The molecule has 1 aromatic heterocycles. The van der Waals surface area contributed by atoms with Gasteiger partial charge in [0.25, 0.3) is 12.0 Å². The number of ketones is 1. The smallest absolute Gasteiger partial charge is 0.287 e. The molecule has 0 aliphatic carbocycles. The fourth-order valence-corrected chi connectivity index (χ4v) is 3.14. The van der Waals surface area contributed by atoms with Gasteiger partial charge in [-0.1, -0.05) is 42.5 Å². The van der Waals surface area contributed by atoms with Gasteiger partial charge in [0.2, 0.25) is 5.78 Å². The molecule has 0 radical (unpaired) electrons. The molecular formula is C24H18N3O3+.